The molecule has 0 atom stereocenters. The van der Waals surface area contributed by atoms with E-state index in [-0.39, 0.29) is 11.5 Å². The molecule has 0 aliphatic rings. The largest absolute Gasteiger partial charge is 0.325 e. The highest BCUT2D eigenvalue weighted by molar-refractivity contribution is 5.09. The van der Waals surface area contributed by atoms with Gasteiger partial charge in [0, 0.05) is 11.8 Å². The van der Waals surface area contributed by atoms with Gasteiger partial charge in [0.2, 0.25) is 0 Å². The van der Waals surface area contributed by atoms with E-state index in [9.17, 15) is 9.59 Å². The summed E-state index contributed by atoms with van der Waals surface area (Å²) in [6.07, 6.45) is 3.33. The molecule has 0 fully saturated rings. The summed E-state index contributed by atoms with van der Waals surface area (Å²) >= 11 is 0. The maximum Gasteiger partial charge on any atom is 0.325 e. The van der Waals surface area contributed by atoms with Crippen molar-refractivity contribution in [2.45, 2.75) is 32.6 Å². The standard InChI is InChI=1S/C9H14N2O2/c1-3-6(4-2)7-5-10-9(13)11-8(7)12/h5-6H,3-4H2,1-2H3,(H2,10,11,12,13). The fraction of sp³-hybridized carbons (Fsp3) is 0.556. The molecule has 0 aliphatic heterocycles. The summed E-state index contributed by atoms with van der Waals surface area (Å²) in [5.41, 5.74) is -0.0400. The molecule has 0 saturated heterocycles. The van der Waals surface area contributed by atoms with Gasteiger partial charge in [0.25, 0.3) is 5.56 Å². The summed E-state index contributed by atoms with van der Waals surface area (Å²) in [6.45, 7) is 4.05. The molecule has 1 aromatic heterocycles. The van der Waals surface area contributed by atoms with Gasteiger partial charge in [0.05, 0.1) is 0 Å². The van der Waals surface area contributed by atoms with Gasteiger partial charge in [-0.25, -0.2) is 4.79 Å². The molecule has 1 aromatic rings. The predicted molar refractivity (Wildman–Crippen MR) is 51.0 cm³/mol. The van der Waals surface area contributed by atoms with Gasteiger partial charge in [0.15, 0.2) is 0 Å². The number of hydrogen-bond donors (Lipinski definition) is 2. The van der Waals surface area contributed by atoms with Gasteiger partial charge in [-0.1, -0.05) is 13.8 Å². The molecule has 0 spiro atoms. The second-order valence-electron chi connectivity index (χ2n) is 3.04. The summed E-state index contributed by atoms with van der Waals surface area (Å²) in [5.74, 6) is 0.237. The first kappa shape index (κ1) is 9.77. The van der Waals surface area contributed by atoms with Crippen LogP contribution in [0.3, 0.4) is 0 Å². The Morgan fingerprint density at radius 3 is 2.38 bits per heavy atom. The topological polar surface area (TPSA) is 65.7 Å². The van der Waals surface area contributed by atoms with Crippen LogP contribution in [-0.4, -0.2) is 9.97 Å². The van der Waals surface area contributed by atoms with Crippen molar-refractivity contribution in [2.75, 3.05) is 0 Å². The molecular formula is C9H14N2O2. The van der Waals surface area contributed by atoms with Crippen LogP contribution >= 0.6 is 0 Å². The molecule has 0 amide bonds. The first-order valence-corrected chi connectivity index (χ1v) is 4.50. The Labute approximate surface area is 76.0 Å². The molecule has 0 radical (unpaired) electrons. The Hall–Kier alpha value is -1.32. The van der Waals surface area contributed by atoms with Gasteiger partial charge < -0.3 is 4.98 Å². The van der Waals surface area contributed by atoms with E-state index in [4.69, 9.17) is 0 Å². The van der Waals surface area contributed by atoms with Crippen LogP contribution in [0.5, 0.6) is 0 Å². The van der Waals surface area contributed by atoms with E-state index in [0.29, 0.717) is 5.56 Å². The van der Waals surface area contributed by atoms with Crippen LogP contribution < -0.4 is 11.2 Å². The van der Waals surface area contributed by atoms with Gasteiger partial charge in [-0.3, -0.25) is 9.78 Å². The number of rotatable bonds is 3. The SMILES string of the molecule is CCC(CC)c1c[nH]c(=O)[nH]c1=O. The summed E-state index contributed by atoms with van der Waals surface area (Å²) in [4.78, 5) is 26.8. The molecule has 0 saturated carbocycles. The maximum absolute atomic E-state index is 11.3. The van der Waals surface area contributed by atoms with Crippen molar-refractivity contribution in [1.29, 1.82) is 0 Å². The van der Waals surface area contributed by atoms with Crippen molar-refractivity contribution >= 4 is 0 Å². The van der Waals surface area contributed by atoms with Crippen LogP contribution in [0.2, 0.25) is 0 Å². The lowest BCUT2D eigenvalue weighted by molar-refractivity contribution is 0.628. The van der Waals surface area contributed by atoms with Gasteiger partial charge in [-0.2, -0.15) is 0 Å². The zero-order valence-corrected chi connectivity index (χ0v) is 7.89. The lowest BCUT2D eigenvalue weighted by Crippen LogP contribution is -2.25. The number of H-pyrrole nitrogens is 2. The molecule has 4 heteroatoms. The van der Waals surface area contributed by atoms with Crippen LogP contribution in [0.1, 0.15) is 38.2 Å². The second-order valence-corrected chi connectivity index (χ2v) is 3.04. The molecule has 1 rings (SSSR count). The van der Waals surface area contributed by atoms with Crippen LogP contribution in [-0.2, 0) is 0 Å². The Morgan fingerprint density at radius 2 is 1.92 bits per heavy atom. The van der Waals surface area contributed by atoms with E-state index in [2.05, 4.69) is 9.97 Å². The third kappa shape index (κ3) is 2.08. The van der Waals surface area contributed by atoms with Crippen LogP contribution in [0.25, 0.3) is 0 Å². The van der Waals surface area contributed by atoms with Crippen LogP contribution in [0, 0.1) is 0 Å². The van der Waals surface area contributed by atoms with E-state index in [0.717, 1.165) is 12.8 Å². The van der Waals surface area contributed by atoms with Crippen molar-refractivity contribution in [3.05, 3.63) is 32.6 Å². The first-order chi connectivity index (χ1) is 6.19. The summed E-state index contributed by atoms with van der Waals surface area (Å²) < 4.78 is 0. The third-order valence-electron chi connectivity index (χ3n) is 2.27. The normalized spacial score (nSPS) is 10.7. The van der Waals surface area contributed by atoms with Crippen molar-refractivity contribution in [3.8, 4) is 0 Å². The lowest BCUT2D eigenvalue weighted by atomic mass is 9.97. The summed E-state index contributed by atoms with van der Waals surface area (Å²) in [5, 5.41) is 0. The lowest BCUT2D eigenvalue weighted by Gasteiger charge is -2.09. The molecule has 13 heavy (non-hydrogen) atoms. The summed E-state index contributed by atoms with van der Waals surface area (Å²) in [6, 6.07) is 0. The maximum atomic E-state index is 11.3. The monoisotopic (exact) mass is 182 g/mol. The minimum absolute atomic E-state index is 0.237. The van der Waals surface area contributed by atoms with E-state index in [1.807, 2.05) is 13.8 Å². The van der Waals surface area contributed by atoms with Crippen LogP contribution in [0.4, 0.5) is 0 Å². The Bertz CT molecular complexity index is 374. The summed E-state index contributed by atoms with van der Waals surface area (Å²) in [7, 11) is 0. The van der Waals surface area contributed by atoms with E-state index in [1.165, 1.54) is 6.20 Å². The average molecular weight is 182 g/mol. The van der Waals surface area contributed by atoms with Gasteiger partial charge in [-0.05, 0) is 18.8 Å². The molecule has 2 N–H and O–H groups in total. The van der Waals surface area contributed by atoms with E-state index >= 15 is 0 Å². The highest BCUT2D eigenvalue weighted by Gasteiger charge is 2.10. The van der Waals surface area contributed by atoms with E-state index < -0.39 is 5.69 Å². The van der Waals surface area contributed by atoms with Crippen LogP contribution in [0.15, 0.2) is 15.8 Å². The van der Waals surface area contributed by atoms with Gasteiger partial charge >= 0.3 is 5.69 Å². The minimum Gasteiger partial charge on any atom is -0.314 e. The predicted octanol–water partition coefficient (Wildman–Crippen LogP) is 0.967. The first-order valence-electron chi connectivity index (χ1n) is 4.50. The number of aromatic nitrogens is 2. The average Bonchev–Trinajstić information content (AvgIpc) is 2.10. The molecule has 0 aliphatic carbocycles. The second kappa shape index (κ2) is 4.07. The Morgan fingerprint density at radius 1 is 1.31 bits per heavy atom. The van der Waals surface area contributed by atoms with Gasteiger partial charge in [-0.15, -0.1) is 0 Å². The molecule has 1 heterocycles. The van der Waals surface area contributed by atoms with Crippen molar-refractivity contribution in [2.24, 2.45) is 0 Å². The van der Waals surface area contributed by atoms with E-state index in [1.54, 1.807) is 0 Å². The molecule has 0 unspecified atom stereocenters. The number of nitrogens with one attached hydrogen (secondary N) is 2. The molecule has 72 valence electrons. The zero-order valence-electron chi connectivity index (χ0n) is 7.89. The Kier molecular flexibility index (Phi) is 3.06. The van der Waals surface area contributed by atoms with Crippen molar-refractivity contribution in [3.63, 3.8) is 0 Å². The third-order valence-corrected chi connectivity index (χ3v) is 2.27. The molecule has 4 nitrogen and oxygen atoms in total. The zero-order chi connectivity index (χ0) is 9.84. The highest BCUT2D eigenvalue weighted by atomic mass is 16.2. The fourth-order valence-electron chi connectivity index (χ4n) is 1.45. The highest BCUT2D eigenvalue weighted by Crippen LogP contribution is 2.17. The minimum atomic E-state index is -0.445. The Balaban J connectivity index is 3.14. The molecule has 0 aromatic carbocycles. The molecular weight excluding hydrogens is 168 g/mol. The molecule has 0 bridgehead atoms. The quantitative estimate of drug-likeness (QED) is 0.731. The van der Waals surface area contributed by atoms with Crippen molar-refractivity contribution < 1.29 is 0 Å². The van der Waals surface area contributed by atoms with Crippen molar-refractivity contribution in [1.82, 2.24) is 9.97 Å². The number of hydrogen-bond acceptors (Lipinski definition) is 2. The number of aromatic amines is 2. The fourth-order valence-corrected chi connectivity index (χ4v) is 1.45. The van der Waals surface area contributed by atoms with Gasteiger partial charge in [0.1, 0.15) is 0 Å². The smallest absolute Gasteiger partial charge is 0.314 e.